The average molecular weight is 465 g/mol. The molecular formula is C21H28N4O6S. The van der Waals surface area contributed by atoms with Crippen molar-refractivity contribution in [3.05, 3.63) is 54.1 Å². The van der Waals surface area contributed by atoms with Gasteiger partial charge < -0.3 is 20.1 Å². The van der Waals surface area contributed by atoms with Crippen LogP contribution >= 0.6 is 0 Å². The van der Waals surface area contributed by atoms with Crippen molar-refractivity contribution in [3.8, 4) is 0 Å². The number of nitrogens with one attached hydrogen (secondary N) is 3. The van der Waals surface area contributed by atoms with Crippen molar-refractivity contribution >= 4 is 33.4 Å². The van der Waals surface area contributed by atoms with Gasteiger partial charge in [0.25, 0.3) is 0 Å². The third-order valence-corrected chi connectivity index (χ3v) is 6.21. The van der Waals surface area contributed by atoms with Crippen LogP contribution in [-0.2, 0) is 30.8 Å². The molecule has 2 rings (SSSR count). The summed E-state index contributed by atoms with van der Waals surface area (Å²) in [5, 5.41) is 8.26. The Morgan fingerprint density at radius 3 is 2.44 bits per heavy atom. The Kier molecular flexibility index (Phi) is 9.44. The summed E-state index contributed by atoms with van der Waals surface area (Å²) < 4.78 is 35.8. The van der Waals surface area contributed by atoms with Crippen LogP contribution in [-0.4, -0.2) is 65.7 Å². The number of anilines is 2. The molecule has 0 aromatic heterocycles. The van der Waals surface area contributed by atoms with Gasteiger partial charge >= 0.3 is 6.09 Å². The van der Waals surface area contributed by atoms with Crippen LogP contribution in [0.2, 0.25) is 0 Å². The van der Waals surface area contributed by atoms with Crippen LogP contribution in [0.4, 0.5) is 16.2 Å². The quantitative estimate of drug-likeness (QED) is 0.433. The van der Waals surface area contributed by atoms with Gasteiger partial charge in [-0.15, -0.1) is 0 Å². The van der Waals surface area contributed by atoms with Gasteiger partial charge in [0.15, 0.2) is 0 Å². The van der Waals surface area contributed by atoms with E-state index >= 15 is 0 Å². The molecular weight excluding hydrogens is 436 g/mol. The van der Waals surface area contributed by atoms with Crippen LogP contribution in [0.1, 0.15) is 5.56 Å². The molecule has 10 nitrogen and oxygen atoms in total. The van der Waals surface area contributed by atoms with Crippen molar-refractivity contribution in [3.63, 3.8) is 0 Å². The zero-order chi connectivity index (χ0) is 23.6. The molecule has 2 aromatic carbocycles. The molecule has 0 radical (unpaired) electrons. The largest absolute Gasteiger partial charge is 0.447 e. The number of nitrogens with zero attached hydrogens (tertiary/aromatic N) is 1. The lowest BCUT2D eigenvalue weighted by molar-refractivity contribution is -0.119. The fraction of sp³-hybridized carbons (Fsp3) is 0.333. The highest BCUT2D eigenvalue weighted by Gasteiger charge is 2.20. The van der Waals surface area contributed by atoms with E-state index in [9.17, 15) is 18.0 Å². The van der Waals surface area contributed by atoms with Gasteiger partial charge in [0.05, 0.1) is 18.0 Å². The second-order valence-electron chi connectivity index (χ2n) is 6.86. The topological polar surface area (TPSA) is 126 Å². The summed E-state index contributed by atoms with van der Waals surface area (Å²) in [5.74, 6) is -0.320. The van der Waals surface area contributed by atoms with Crippen molar-refractivity contribution < 1.29 is 27.5 Å². The summed E-state index contributed by atoms with van der Waals surface area (Å²) in [6.07, 6.45) is -0.608. The highest BCUT2D eigenvalue weighted by Crippen LogP contribution is 2.18. The van der Waals surface area contributed by atoms with Crippen LogP contribution in [0.25, 0.3) is 0 Å². The second-order valence-corrected chi connectivity index (χ2v) is 8.98. The van der Waals surface area contributed by atoms with Crippen molar-refractivity contribution in [1.29, 1.82) is 0 Å². The first-order chi connectivity index (χ1) is 15.2. The minimum Gasteiger partial charge on any atom is -0.447 e. The van der Waals surface area contributed by atoms with E-state index in [0.29, 0.717) is 23.5 Å². The molecule has 32 heavy (non-hydrogen) atoms. The number of carbonyl (C=O) groups is 2. The summed E-state index contributed by atoms with van der Waals surface area (Å²) in [6.45, 7) is 0.470. The molecule has 0 saturated carbocycles. The minimum atomic E-state index is -3.62. The average Bonchev–Trinajstić information content (AvgIpc) is 2.76. The van der Waals surface area contributed by atoms with Crippen LogP contribution in [0, 0.1) is 0 Å². The number of amides is 2. The summed E-state index contributed by atoms with van der Waals surface area (Å²) in [5.41, 5.74) is 1.61. The van der Waals surface area contributed by atoms with E-state index in [1.807, 2.05) is 0 Å². The summed E-state index contributed by atoms with van der Waals surface area (Å²) in [7, 11) is 0.803. The summed E-state index contributed by atoms with van der Waals surface area (Å²) >= 11 is 0. The number of hydrogen-bond acceptors (Lipinski definition) is 7. The number of methoxy groups -OCH3 is 1. The zero-order valence-electron chi connectivity index (χ0n) is 18.3. The summed E-state index contributed by atoms with van der Waals surface area (Å²) in [4.78, 5) is 24.1. The maximum absolute atomic E-state index is 12.4. The second kappa shape index (κ2) is 12.0. The zero-order valence-corrected chi connectivity index (χ0v) is 19.1. The molecule has 2 aromatic rings. The lowest BCUT2D eigenvalue weighted by Gasteiger charge is -2.15. The van der Waals surface area contributed by atoms with Gasteiger partial charge in [-0.3, -0.25) is 10.1 Å². The number of carbonyl (C=O) groups excluding carboxylic acids is 2. The number of ether oxygens (including phenoxy) is 2. The molecule has 0 aliphatic carbocycles. The first kappa shape index (κ1) is 25.1. The molecule has 11 heteroatoms. The SMILES string of the molecule is COCCOC(=O)Nc1cccc(NCC(=O)NCc2ccccc2S(=O)(=O)N(C)C)c1. The van der Waals surface area contributed by atoms with Gasteiger partial charge in [-0.2, -0.15) is 0 Å². The molecule has 174 valence electrons. The Morgan fingerprint density at radius 1 is 1.00 bits per heavy atom. The van der Waals surface area contributed by atoms with E-state index in [4.69, 9.17) is 9.47 Å². The highest BCUT2D eigenvalue weighted by molar-refractivity contribution is 7.89. The predicted octanol–water partition coefficient (Wildman–Crippen LogP) is 1.86. The smallest absolute Gasteiger partial charge is 0.411 e. The van der Waals surface area contributed by atoms with E-state index < -0.39 is 16.1 Å². The molecule has 0 fully saturated rings. The van der Waals surface area contributed by atoms with Crippen molar-refractivity contribution in [1.82, 2.24) is 9.62 Å². The van der Waals surface area contributed by atoms with Gasteiger partial charge in [0.2, 0.25) is 15.9 Å². The number of hydrogen-bond donors (Lipinski definition) is 3. The van der Waals surface area contributed by atoms with Crippen LogP contribution in [0.3, 0.4) is 0 Å². The Hall–Kier alpha value is -3.15. The summed E-state index contributed by atoms with van der Waals surface area (Å²) in [6, 6.07) is 13.3. The lowest BCUT2D eigenvalue weighted by atomic mass is 10.2. The van der Waals surface area contributed by atoms with E-state index in [1.54, 1.807) is 42.5 Å². The Labute approximate surface area is 187 Å². The van der Waals surface area contributed by atoms with E-state index in [1.165, 1.54) is 27.3 Å². The predicted molar refractivity (Wildman–Crippen MR) is 121 cm³/mol. The Bertz CT molecular complexity index is 1030. The molecule has 0 saturated heterocycles. The lowest BCUT2D eigenvalue weighted by Crippen LogP contribution is -2.30. The molecule has 0 heterocycles. The van der Waals surface area contributed by atoms with E-state index in [0.717, 1.165) is 4.31 Å². The Balaban J connectivity index is 1.89. The van der Waals surface area contributed by atoms with E-state index in [2.05, 4.69) is 16.0 Å². The van der Waals surface area contributed by atoms with Gasteiger partial charge in [-0.1, -0.05) is 24.3 Å². The normalized spacial score (nSPS) is 11.1. The minimum absolute atomic E-state index is 0.0374. The van der Waals surface area contributed by atoms with E-state index in [-0.39, 0.29) is 30.5 Å². The molecule has 0 bridgehead atoms. The number of rotatable bonds is 11. The van der Waals surface area contributed by atoms with Gasteiger partial charge in [-0.25, -0.2) is 17.5 Å². The molecule has 3 N–H and O–H groups in total. The van der Waals surface area contributed by atoms with Crippen LogP contribution in [0.15, 0.2) is 53.4 Å². The fourth-order valence-electron chi connectivity index (χ4n) is 2.62. The number of sulfonamides is 1. The van der Waals surface area contributed by atoms with Gasteiger partial charge in [-0.05, 0) is 29.8 Å². The standard InChI is InChI=1S/C21H28N4O6S/c1-25(2)32(28,29)19-10-5-4-7-16(19)14-23-20(26)15-22-17-8-6-9-18(13-17)24-21(27)31-12-11-30-3/h4-10,13,22H,11-12,14-15H2,1-3H3,(H,23,26)(H,24,27). The highest BCUT2D eigenvalue weighted by atomic mass is 32.2. The third kappa shape index (κ3) is 7.52. The molecule has 0 atom stereocenters. The molecule has 0 unspecified atom stereocenters. The Morgan fingerprint density at radius 2 is 1.72 bits per heavy atom. The van der Waals surface area contributed by atoms with Crippen molar-refractivity contribution in [2.75, 3.05) is 51.6 Å². The fourth-order valence-corrected chi connectivity index (χ4v) is 3.73. The number of benzene rings is 2. The molecule has 2 amide bonds. The first-order valence-electron chi connectivity index (χ1n) is 9.78. The maximum atomic E-state index is 12.4. The van der Waals surface area contributed by atoms with Crippen LogP contribution in [0.5, 0.6) is 0 Å². The van der Waals surface area contributed by atoms with Crippen LogP contribution < -0.4 is 16.0 Å². The molecule has 0 spiro atoms. The first-order valence-corrected chi connectivity index (χ1v) is 11.2. The molecule has 0 aliphatic heterocycles. The monoisotopic (exact) mass is 464 g/mol. The van der Waals surface area contributed by atoms with Crippen molar-refractivity contribution in [2.24, 2.45) is 0 Å². The van der Waals surface area contributed by atoms with Crippen molar-refractivity contribution in [2.45, 2.75) is 11.4 Å². The molecule has 0 aliphatic rings. The van der Waals surface area contributed by atoms with Gasteiger partial charge in [0.1, 0.15) is 6.61 Å². The van der Waals surface area contributed by atoms with Gasteiger partial charge in [0, 0.05) is 39.1 Å². The maximum Gasteiger partial charge on any atom is 0.411 e. The third-order valence-electron chi connectivity index (χ3n) is 4.29.